The van der Waals surface area contributed by atoms with Crippen LogP contribution in [0.1, 0.15) is 15.9 Å². The van der Waals surface area contributed by atoms with Crippen molar-refractivity contribution in [1.29, 1.82) is 0 Å². The van der Waals surface area contributed by atoms with Crippen LogP contribution in [0.4, 0.5) is 0 Å². The summed E-state index contributed by atoms with van der Waals surface area (Å²) in [5.41, 5.74) is 2.23. The van der Waals surface area contributed by atoms with Gasteiger partial charge in [-0.05, 0) is 52.8 Å². The number of nitrogens with one attached hydrogen (secondary N) is 2. The molecule has 2 heterocycles. The third-order valence-corrected chi connectivity index (χ3v) is 5.88. The Bertz CT molecular complexity index is 1010. The van der Waals surface area contributed by atoms with Gasteiger partial charge in [0.25, 0.3) is 11.5 Å². The van der Waals surface area contributed by atoms with Crippen LogP contribution in [0.25, 0.3) is 10.9 Å². The highest BCUT2D eigenvalue weighted by Gasteiger charge is 2.09. The summed E-state index contributed by atoms with van der Waals surface area (Å²) in [4.78, 5) is 27.4. The van der Waals surface area contributed by atoms with Gasteiger partial charge < -0.3 is 10.3 Å². The van der Waals surface area contributed by atoms with Gasteiger partial charge in [0.1, 0.15) is 0 Å². The number of hydrogen-bond donors (Lipinski definition) is 2. The predicted octanol–water partition coefficient (Wildman–Crippen LogP) is 3.32. The first-order valence-electron chi connectivity index (χ1n) is 7.66. The summed E-state index contributed by atoms with van der Waals surface area (Å²) >= 11 is 8.59. The van der Waals surface area contributed by atoms with Crippen molar-refractivity contribution >= 4 is 52.1 Å². The lowest BCUT2D eigenvalue weighted by molar-refractivity contribution is 0.0956. The number of aromatic nitrogens is 2. The van der Waals surface area contributed by atoms with Crippen LogP contribution >= 0.6 is 35.3 Å². The molecule has 0 aliphatic rings. The van der Waals surface area contributed by atoms with Crippen molar-refractivity contribution in [2.75, 3.05) is 12.3 Å². The fraction of sp³-hybridized carbons (Fsp3) is 0.235. The molecular weight excluding hydrogens is 374 g/mol. The highest BCUT2D eigenvalue weighted by Crippen LogP contribution is 2.14. The van der Waals surface area contributed by atoms with E-state index in [9.17, 15) is 9.59 Å². The van der Waals surface area contributed by atoms with Crippen molar-refractivity contribution in [3.05, 3.63) is 61.3 Å². The molecule has 0 spiro atoms. The average molecular weight is 392 g/mol. The van der Waals surface area contributed by atoms with Gasteiger partial charge in [-0.2, -0.15) is 23.1 Å². The number of carbonyl (C=O) groups excluding carboxylic acids is 1. The van der Waals surface area contributed by atoms with E-state index in [1.54, 1.807) is 48.3 Å². The van der Waals surface area contributed by atoms with Crippen LogP contribution in [0.2, 0.25) is 0 Å². The maximum absolute atomic E-state index is 12.3. The molecule has 0 unspecified atom stereocenters. The van der Waals surface area contributed by atoms with Crippen LogP contribution < -0.4 is 10.9 Å². The van der Waals surface area contributed by atoms with Crippen LogP contribution in [0.5, 0.6) is 0 Å². The van der Waals surface area contributed by atoms with E-state index in [0.29, 0.717) is 27.8 Å². The Morgan fingerprint density at radius 2 is 2.24 bits per heavy atom. The number of H-pyrrole nitrogens is 1. The van der Waals surface area contributed by atoms with Crippen molar-refractivity contribution in [2.24, 2.45) is 7.05 Å². The number of amides is 1. The molecule has 0 saturated carbocycles. The van der Waals surface area contributed by atoms with E-state index < -0.39 is 0 Å². The second-order valence-electron chi connectivity index (χ2n) is 5.49. The number of nitrogens with zero attached hydrogens (tertiary/aromatic N) is 1. The first kappa shape index (κ1) is 17.9. The number of thiophene rings is 1. The molecule has 25 heavy (non-hydrogen) atoms. The van der Waals surface area contributed by atoms with Crippen molar-refractivity contribution < 1.29 is 4.79 Å². The highest BCUT2D eigenvalue weighted by atomic mass is 32.2. The fourth-order valence-corrected chi connectivity index (χ4v) is 4.12. The first-order valence-corrected chi connectivity index (χ1v) is 10.2. The maximum atomic E-state index is 12.3. The zero-order chi connectivity index (χ0) is 17.8. The Hall–Kier alpha value is -1.90. The fourth-order valence-electron chi connectivity index (χ4n) is 2.35. The molecule has 2 N–H and O–H groups in total. The normalized spacial score (nSPS) is 10.9. The molecule has 3 rings (SSSR count). The summed E-state index contributed by atoms with van der Waals surface area (Å²) < 4.78 is 1.71. The van der Waals surface area contributed by atoms with Gasteiger partial charge in [-0.1, -0.05) is 0 Å². The molecular formula is C17H17N3O2S3. The minimum Gasteiger partial charge on any atom is -0.351 e. The van der Waals surface area contributed by atoms with Gasteiger partial charge in [0.05, 0.1) is 10.9 Å². The van der Waals surface area contributed by atoms with Gasteiger partial charge in [-0.15, -0.1) is 0 Å². The predicted molar refractivity (Wildman–Crippen MR) is 107 cm³/mol. The summed E-state index contributed by atoms with van der Waals surface area (Å²) in [5, 5.41) is 7.62. The summed E-state index contributed by atoms with van der Waals surface area (Å²) in [6.07, 6.45) is 0. The smallest absolute Gasteiger partial charge is 0.261 e. The Morgan fingerprint density at radius 1 is 1.40 bits per heavy atom. The van der Waals surface area contributed by atoms with Gasteiger partial charge in [0, 0.05) is 30.7 Å². The van der Waals surface area contributed by atoms with E-state index >= 15 is 0 Å². The molecule has 0 bridgehead atoms. The van der Waals surface area contributed by atoms with E-state index in [1.807, 2.05) is 0 Å². The molecule has 0 aliphatic heterocycles. The number of benzene rings is 1. The van der Waals surface area contributed by atoms with Crippen LogP contribution in [0.15, 0.2) is 39.8 Å². The Morgan fingerprint density at radius 3 is 3.00 bits per heavy atom. The highest BCUT2D eigenvalue weighted by molar-refractivity contribution is 7.98. The van der Waals surface area contributed by atoms with Crippen molar-refractivity contribution in [3.8, 4) is 0 Å². The lowest BCUT2D eigenvalue weighted by Crippen LogP contribution is -2.26. The summed E-state index contributed by atoms with van der Waals surface area (Å²) in [5.74, 6) is 1.64. The molecule has 0 radical (unpaired) electrons. The molecule has 130 valence electrons. The quantitative estimate of drug-likeness (QED) is 0.500. The SMILES string of the molecule is Cn1c(=S)[nH]c2cc(C(=O)NCCSCc3ccsc3)ccc2c1=O. The number of hydrogen-bond acceptors (Lipinski definition) is 5. The standard InChI is InChI=1S/C17H17N3O2S3/c1-20-16(22)13-3-2-12(8-14(13)19-17(20)23)15(21)18-5-7-25-10-11-4-6-24-9-11/h2-4,6,8-9H,5,7,10H2,1H3,(H,18,21)(H,19,23). The van der Waals surface area contributed by atoms with Gasteiger partial charge in [0.15, 0.2) is 4.77 Å². The van der Waals surface area contributed by atoms with E-state index in [-0.39, 0.29) is 11.5 Å². The molecule has 1 amide bonds. The van der Waals surface area contributed by atoms with Crippen LogP contribution in [0.3, 0.4) is 0 Å². The lowest BCUT2D eigenvalue weighted by atomic mass is 10.1. The number of fused-ring (bicyclic) bond motifs is 1. The minimum atomic E-state index is -0.171. The van der Waals surface area contributed by atoms with Gasteiger partial charge in [0.2, 0.25) is 0 Å². The largest absolute Gasteiger partial charge is 0.351 e. The molecule has 2 aromatic heterocycles. The van der Waals surface area contributed by atoms with Gasteiger partial charge in [-0.3, -0.25) is 14.2 Å². The third-order valence-electron chi connectivity index (χ3n) is 3.74. The van der Waals surface area contributed by atoms with E-state index in [0.717, 1.165) is 11.5 Å². The van der Waals surface area contributed by atoms with Crippen LogP contribution in [-0.2, 0) is 12.8 Å². The molecule has 0 aliphatic carbocycles. The molecule has 0 atom stereocenters. The van der Waals surface area contributed by atoms with Crippen molar-refractivity contribution in [3.63, 3.8) is 0 Å². The van der Waals surface area contributed by atoms with Crippen LogP contribution in [0, 0.1) is 4.77 Å². The third kappa shape index (κ3) is 4.20. The zero-order valence-corrected chi connectivity index (χ0v) is 16.0. The molecule has 3 aromatic rings. The van der Waals surface area contributed by atoms with Crippen LogP contribution in [-0.4, -0.2) is 27.8 Å². The monoisotopic (exact) mass is 391 g/mol. The summed E-state index contributed by atoms with van der Waals surface area (Å²) in [6.45, 7) is 0.595. The lowest BCUT2D eigenvalue weighted by Gasteiger charge is -2.07. The summed E-state index contributed by atoms with van der Waals surface area (Å²) in [6, 6.07) is 7.09. The molecule has 5 nitrogen and oxygen atoms in total. The zero-order valence-electron chi connectivity index (χ0n) is 13.6. The maximum Gasteiger partial charge on any atom is 0.261 e. The number of rotatable bonds is 6. The minimum absolute atomic E-state index is 0.155. The average Bonchev–Trinajstić information content (AvgIpc) is 3.12. The van der Waals surface area contributed by atoms with Crippen molar-refractivity contribution in [1.82, 2.24) is 14.9 Å². The second-order valence-corrected chi connectivity index (χ2v) is 7.77. The molecule has 8 heteroatoms. The second kappa shape index (κ2) is 7.99. The Kier molecular flexibility index (Phi) is 5.72. The van der Waals surface area contributed by atoms with E-state index in [1.165, 1.54) is 10.1 Å². The Labute approximate surface area is 158 Å². The van der Waals surface area contributed by atoms with Gasteiger partial charge >= 0.3 is 0 Å². The molecule has 0 fully saturated rings. The topological polar surface area (TPSA) is 66.9 Å². The molecule has 0 saturated heterocycles. The summed E-state index contributed by atoms with van der Waals surface area (Å²) in [7, 11) is 1.62. The Balaban J connectivity index is 1.61. The van der Waals surface area contributed by atoms with E-state index in [4.69, 9.17) is 12.2 Å². The molecule has 1 aromatic carbocycles. The first-order chi connectivity index (χ1) is 12.1. The van der Waals surface area contributed by atoms with Gasteiger partial charge in [-0.25, -0.2) is 0 Å². The number of aromatic amines is 1. The number of thioether (sulfide) groups is 1. The van der Waals surface area contributed by atoms with Crippen molar-refractivity contribution in [2.45, 2.75) is 5.75 Å². The van der Waals surface area contributed by atoms with E-state index in [2.05, 4.69) is 27.1 Å². The number of carbonyl (C=O) groups is 1.